The molecule has 1 aromatic heterocycles. The van der Waals surface area contributed by atoms with Crippen LogP contribution in [0.4, 0.5) is 0 Å². The topological polar surface area (TPSA) is 51.2 Å². The SMILES string of the molecule is CCc1csc(CCNC(=O)CC2CCOC2)n1. The second kappa shape index (κ2) is 6.85. The molecule has 1 aromatic rings. The summed E-state index contributed by atoms with van der Waals surface area (Å²) in [5, 5.41) is 6.16. The molecule has 0 saturated carbocycles. The molecule has 4 nitrogen and oxygen atoms in total. The van der Waals surface area contributed by atoms with Gasteiger partial charge in [0.25, 0.3) is 0 Å². The third-order valence-corrected chi connectivity index (χ3v) is 4.08. The van der Waals surface area contributed by atoms with Crippen molar-refractivity contribution in [1.82, 2.24) is 10.3 Å². The molecule has 1 aliphatic rings. The highest BCUT2D eigenvalue weighted by molar-refractivity contribution is 7.09. The van der Waals surface area contributed by atoms with Crippen LogP contribution < -0.4 is 5.32 Å². The maximum Gasteiger partial charge on any atom is 0.220 e. The number of thiazole rings is 1. The Morgan fingerprint density at radius 2 is 2.56 bits per heavy atom. The van der Waals surface area contributed by atoms with Crippen LogP contribution in [0.25, 0.3) is 0 Å². The summed E-state index contributed by atoms with van der Waals surface area (Å²) in [5.74, 6) is 0.550. The average Bonchev–Trinajstić information content (AvgIpc) is 3.00. The zero-order valence-electron chi connectivity index (χ0n) is 10.8. The first-order valence-electron chi connectivity index (χ1n) is 6.55. The van der Waals surface area contributed by atoms with Gasteiger partial charge in [-0.1, -0.05) is 6.92 Å². The molecule has 0 aliphatic carbocycles. The fourth-order valence-corrected chi connectivity index (χ4v) is 2.89. The number of rotatable bonds is 6. The second-order valence-corrected chi connectivity index (χ2v) is 5.56. The van der Waals surface area contributed by atoms with Gasteiger partial charge in [-0.25, -0.2) is 4.98 Å². The number of carbonyl (C=O) groups is 1. The lowest BCUT2D eigenvalue weighted by atomic mass is 10.1. The molecule has 1 N–H and O–H groups in total. The summed E-state index contributed by atoms with van der Waals surface area (Å²) < 4.78 is 5.26. The molecule has 0 spiro atoms. The third-order valence-electron chi connectivity index (χ3n) is 3.12. The Balaban J connectivity index is 1.63. The normalized spacial score (nSPS) is 19.1. The van der Waals surface area contributed by atoms with E-state index in [2.05, 4.69) is 22.6 Å². The van der Waals surface area contributed by atoms with E-state index < -0.39 is 0 Å². The van der Waals surface area contributed by atoms with Crippen molar-refractivity contribution in [2.75, 3.05) is 19.8 Å². The van der Waals surface area contributed by atoms with Crippen LogP contribution in [0.5, 0.6) is 0 Å². The number of aromatic nitrogens is 1. The van der Waals surface area contributed by atoms with E-state index >= 15 is 0 Å². The van der Waals surface area contributed by atoms with Crippen molar-refractivity contribution in [3.63, 3.8) is 0 Å². The Morgan fingerprint density at radius 3 is 3.22 bits per heavy atom. The number of nitrogens with one attached hydrogen (secondary N) is 1. The number of hydrogen-bond acceptors (Lipinski definition) is 4. The molecular formula is C13H20N2O2S. The summed E-state index contributed by atoms with van der Waals surface area (Å²) in [4.78, 5) is 16.1. The Labute approximate surface area is 112 Å². The van der Waals surface area contributed by atoms with Crippen molar-refractivity contribution >= 4 is 17.2 Å². The number of aryl methyl sites for hydroxylation is 1. The van der Waals surface area contributed by atoms with E-state index in [0.717, 1.165) is 43.2 Å². The van der Waals surface area contributed by atoms with E-state index in [1.54, 1.807) is 11.3 Å². The van der Waals surface area contributed by atoms with Crippen LogP contribution in [0.1, 0.15) is 30.5 Å². The highest BCUT2D eigenvalue weighted by Crippen LogP contribution is 2.15. The number of hydrogen-bond donors (Lipinski definition) is 1. The maximum atomic E-state index is 11.7. The molecule has 1 atom stereocenters. The van der Waals surface area contributed by atoms with E-state index in [1.807, 2.05) is 0 Å². The summed E-state index contributed by atoms with van der Waals surface area (Å²) in [5.41, 5.74) is 1.14. The van der Waals surface area contributed by atoms with Crippen LogP contribution in [-0.2, 0) is 22.4 Å². The Morgan fingerprint density at radius 1 is 1.67 bits per heavy atom. The van der Waals surface area contributed by atoms with Crippen molar-refractivity contribution in [3.05, 3.63) is 16.1 Å². The monoisotopic (exact) mass is 268 g/mol. The molecule has 5 heteroatoms. The van der Waals surface area contributed by atoms with E-state index in [4.69, 9.17) is 4.74 Å². The van der Waals surface area contributed by atoms with Gasteiger partial charge >= 0.3 is 0 Å². The van der Waals surface area contributed by atoms with E-state index in [-0.39, 0.29) is 5.91 Å². The van der Waals surface area contributed by atoms with Crippen LogP contribution in [0.2, 0.25) is 0 Å². The van der Waals surface area contributed by atoms with Crippen molar-refractivity contribution < 1.29 is 9.53 Å². The molecule has 1 saturated heterocycles. The van der Waals surface area contributed by atoms with Crippen molar-refractivity contribution in [3.8, 4) is 0 Å². The predicted octanol–water partition coefficient (Wildman–Crippen LogP) is 1.79. The first-order chi connectivity index (χ1) is 8.78. The smallest absolute Gasteiger partial charge is 0.220 e. The molecule has 0 aromatic carbocycles. The number of nitrogens with zero attached hydrogens (tertiary/aromatic N) is 1. The van der Waals surface area contributed by atoms with Crippen molar-refractivity contribution in [2.45, 2.75) is 32.6 Å². The average molecular weight is 268 g/mol. The molecule has 2 heterocycles. The zero-order chi connectivity index (χ0) is 12.8. The molecule has 1 amide bonds. The summed E-state index contributed by atoms with van der Waals surface area (Å²) in [6, 6.07) is 0. The summed E-state index contributed by atoms with van der Waals surface area (Å²) in [6.45, 7) is 4.32. The second-order valence-electron chi connectivity index (χ2n) is 4.62. The largest absolute Gasteiger partial charge is 0.381 e. The lowest BCUT2D eigenvalue weighted by molar-refractivity contribution is -0.122. The quantitative estimate of drug-likeness (QED) is 0.856. The van der Waals surface area contributed by atoms with Crippen molar-refractivity contribution in [2.24, 2.45) is 5.92 Å². The van der Waals surface area contributed by atoms with Gasteiger partial charge in [-0.3, -0.25) is 4.79 Å². The minimum Gasteiger partial charge on any atom is -0.381 e. The van der Waals surface area contributed by atoms with Gasteiger partial charge in [0.15, 0.2) is 0 Å². The van der Waals surface area contributed by atoms with Crippen LogP contribution >= 0.6 is 11.3 Å². The highest BCUT2D eigenvalue weighted by Gasteiger charge is 2.18. The Bertz CT molecular complexity index is 386. The zero-order valence-corrected chi connectivity index (χ0v) is 11.6. The van der Waals surface area contributed by atoms with Gasteiger partial charge in [-0.2, -0.15) is 0 Å². The number of carbonyl (C=O) groups excluding carboxylic acids is 1. The minimum absolute atomic E-state index is 0.137. The van der Waals surface area contributed by atoms with E-state index in [0.29, 0.717) is 18.9 Å². The Hall–Kier alpha value is -0.940. The fourth-order valence-electron chi connectivity index (χ4n) is 2.01. The lowest BCUT2D eigenvalue weighted by Crippen LogP contribution is -2.27. The summed E-state index contributed by atoms with van der Waals surface area (Å²) in [6.07, 6.45) is 3.42. The molecule has 1 unspecified atom stereocenters. The highest BCUT2D eigenvalue weighted by atomic mass is 32.1. The summed E-state index contributed by atoms with van der Waals surface area (Å²) >= 11 is 1.68. The van der Waals surface area contributed by atoms with Crippen LogP contribution in [0.3, 0.4) is 0 Å². The molecule has 2 rings (SSSR count). The van der Waals surface area contributed by atoms with Crippen LogP contribution in [0, 0.1) is 5.92 Å². The van der Waals surface area contributed by atoms with Gasteiger partial charge in [0.2, 0.25) is 5.91 Å². The molecule has 100 valence electrons. The van der Waals surface area contributed by atoms with Gasteiger partial charge in [0, 0.05) is 38.0 Å². The lowest BCUT2D eigenvalue weighted by Gasteiger charge is -2.07. The van der Waals surface area contributed by atoms with E-state index in [1.165, 1.54) is 0 Å². The molecule has 1 fully saturated rings. The Kier molecular flexibility index (Phi) is 5.13. The van der Waals surface area contributed by atoms with Gasteiger partial charge < -0.3 is 10.1 Å². The van der Waals surface area contributed by atoms with Crippen LogP contribution in [0.15, 0.2) is 5.38 Å². The van der Waals surface area contributed by atoms with Crippen LogP contribution in [-0.4, -0.2) is 30.6 Å². The minimum atomic E-state index is 0.137. The first kappa shape index (κ1) is 13.5. The predicted molar refractivity (Wildman–Crippen MR) is 71.7 cm³/mol. The molecule has 0 bridgehead atoms. The first-order valence-corrected chi connectivity index (χ1v) is 7.43. The number of ether oxygens (including phenoxy) is 1. The fraction of sp³-hybridized carbons (Fsp3) is 0.692. The molecular weight excluding hydrogens is 248 g/mol. The standard InChI is InChI=1S/C13H20N2O2S/c1-2-11-9-18-13(15-11)3-5-14-12(16)7-10-4-6-17-8-10/h9-10H,2-8H2,1H3,(H,14,16). The van der Waals surface area contributed by atoms with Gasteiger partial charge in [0.05, 0.1) is 10.7 Å². The number of amides is 1. The van der Waals surface area contributed by atoms with Gasteiger partial charge in [-0.15, -0.1) is 11.3 Å². The van der Waals surface area contributed by atoms with Gasteiger partial charge in [0.1, 0.15) is 0 Å². The molecule has 18 heavy (non-hydrogen) atoms. The maximum absolute atomic E-state index is 11.7. The third kappa shape index (κ3) is 4.07. The van der Waals surface area contributed by atoms with E-state index in [9.17, 15) is 4.79 Å². The van der Waals surface area contributed by atoms with Gasteiger partial charge in [-0.05, 0) is 18.8 Å². The summed E-state index contributed by atoms with van der Waals surface area (Å²) in [7, 11) is 0. The molecule has 0 radical (unpaired) electrons. The molecule has 1 aliphatic heterocycles. The van der Waals surface area contributed by atoms with Crippen molar-refractivity contribution in [1.29, 1.82) is 0 Å².